The summed E-state index contributed by atoms with van der Waals surface area (Å²) in [6.07, 6.45) is -3.01. The quantitative estimate of drug-likeness (QED) is 0.853. The van der Waals surface area contributed by atoms with Crippen molar-refractivity contribution in [2.45, 2.75) is 49.9 Å². The van der Waals surface area contributed by atoms with Crippen molar-refractivity contribution in [3.8, 4) is 5.75 Å². The second-order valence-corrected chi connectivity index (χ2v) is 5.59. The molecule has 2 aliphatic rings. The van der Waals surface area contributed by atoms with Crippen molar-refractivity contribution in [1.29, 1.82) is 0 Å². The molecule has 1 N–H and O–H groups in total. The number of aliphatic hydroxyl groups is 1. The molecule has 7 heteroatoms. The van der Waals surface area contributed by atoms with Crippen molar-refractivity contribution in [3.05, 3.63) is 29.6 Å². The molecule has 3 rings (SSSR count). The average Bonchev–Trinajstić information content (AvgIpc) is 2.67. The SMILES string of the molecule is OC1(c2ccc(OC(F)(F)F)cc2F)CC2CCC(C1)O2. The summed E-state index contributed by atoms with van der Waals surface area (Å²) in [7, 11) is 0. The molecule has 1 aromatic rings. The molecule has 1 aromatic carbocycles. The van der Waals surface area contributed by atoms with Crippen LogP contribution in [-0.2, 0) is 10.3 Å². The topological polar surface area (TPSA) is 38.7 Å². The Morgan fingerprint density at radius 2 is 1.81 bits per heavy atom. The van der Waals surface area contributed by atoms with Crippen LogP contribution in [0, 0.1) is 5.82 Å². The summed E-state index contributed by atoms with van der Waals surface area (Å²) in [6, 6.07) is 2.82. The molecule has 2 bridgehead atoms. The first-order chi connectivity index (χ1) is 9.75. The summed E-state index contributed by atoms with van der Waals surface area (Å²) in [6.45, 7) is 0. The van der Waals surface area contributed by atoms with E-state index in [0.29, 0.717) is 6.07 Å². The first-order valence-corrected chi connectivity index (χ1v) is 6.69. The highest BCUT2D eigenvalue weighted by atomic mass is 19.4. The van der Waals surface area contributed by atoms with Gasteiger partial charge in [0.15, 0.2) is 0 Å². The number of halogens is 4. The molecule has 2 aliphatic heterocycles. The fraction of sp³-hybridized carbons (Fsp3) is 0.571. The lowest BCUT2D eigenvalue weighted by atomic mass is 9.83. The lowest BCUT2D eigenvalue weighted by Gasteiger charge is -2.37. The molecule has 2 atom stereocenters. The Labute approximate surface area is 118 Å². The largest absolute Gasteiger partial charge is 0.573 e. The summed E-state index contributed by atoms with van der Waals surface area (Å²) < 4.78 is 59.6. The van der Waals surface area contributed by atoms with Crippen molar-refractivity contribution in [2.24, 2.45) is 0 Å². The predicted molar refractivity (Wildman–Crippen MR) is 64.1 cm³/mol. The normalized spacial score (nSPS) is 32.2. The zero-order valence-corrected chi connectivity index (χ0v) is 11.0. The fourth-order valence-electron chi connectivity index (χ4n) is 3.21. The van der Waals surface area contributed by atoms with Crippen LogP contribution >= 0.6 is 0 Å². The van der Waals surface area contributed by atoms with Crippen LogP contribution in [-0.4, -0.2) is 23.7 Å². The van der Waals surface area contributed by atoms with Crippen molar-refractivity contribution in [3.63, 3.8) is 0 Å². The Kier molecular flexibility index (Phi) is 3.37. The maximum atomic E-state index is 14.1. The molecule has 2 fully saturated rings. The van der Waals surface area contributed by atoms with Gasteiger partial charge in [0.05, 0.1) is 17.8 Å². The summed E-state index contributed by atoms with van der Waals surface area (Å²) in [4.78, 5) is 0. The van der Waals surface area contributed by atoms with E-state index in [1.54, 1.807) is 0 Å². The molecule has 116 valence electrons. The molecule has 21 heavy (non-hydrogen) atoms. The smallest absolute Gasteiger partial charge is 0.406 e. The van der Waals surface area contributed by atoms with Crippen molar-refractivity contribution in [2.75, 3.05) is 0 Å². The van der Waals surface area contributed by atoms with E-state index in [9.17, 15) is 22.7 Å². The monoisotopic (exact) mass is 306 g/mol. The van der Waals surface area contributed by atoms with E-state index < -0.39 is 23.5 Å². The standard InChI is InChI=1S/C14H14F4O3/c15-12-5-8(21-14(16,17)18)3-4-11(12)13(19)6-9-1-2-10(7-13)20-9/h3-5,9-10,19H,1-2,6-7H2. The van der Waals surface area contributed by atoms with Crippen LogP contribution in [0.5, 0.6) is 5.75 Å². The number of fused-ring (bicyclic) bond motifs is 2. The fourth-order valence-corrected chi connectivity index (χ4v) is 3.21. The molecular formula is C14H14F4O3. The van der Waals surface area contributed by atoms with Gasteiger partial charge < -0.3 is 14.6 Å². The maximum absolute atomic E-state index is 14.1. The van der Waals surface area contributed by atoms with Crippen molar-refractivity contribution >= 4 is 0 Å². The van der Waals surface area contributed by atoms with E-state index in [1.165, 1.54) is 0 Å². The van der Waals surface area contributed by atoms with Gasteiger partial charge in [-0.1, -0.05) is 0 Å². The van der Waals surface area contributed by atoms with E-state index in [4.69, 9.17) is 4.74 Å². The summed E-state index contributed by atoms with van der Waals surface area (Å²) in [5.74, 6) is -1.54. The van der Waals surface area contributed by atoms with Gasteiger partial charge in [-0.3, -0.25) is 0 Å². The van der Waals surface area contributed by atoms with Gasteiger partial charge in [0.1, 0.15) is 11.6 Å². The molecule has 3 nitrogen and oxygen atoms in total. The van der Waals surface area contributed by atoms with Crippen LogP contribution in [0.2, 0.25) is 0 Å². The second kappa shape index (κ2) is 4.84. The minimum absolute atomic E-state index is 0.00257. The van der Waals surface area contributed by atoms with Crippen LogP contribution in [0.3, 0.4) is 0 Å². The predicted octanol–water partition coefficient (Wildman–Crippen LogP) is 3.25. The van der Waals surface area contributed by atoms with Gasteiger partial charge in [0.2, 0.25) is 0 Å². The summed E-state index contributed by atoms with van der Waals surface area (Å²) >= 11 is 0. The molecule has 0 aromatic heterocycles. The first-order valence-electron chi connectivity index (χ1n) is 6.69. The highest BCUT2D eigenvalue weighted by molar-refractivity contribution is 5.33. The first kappa shape index (κ1) is 14.6. The van der Waals surface area contributed by atoms with Crippen LogP contribution in [0.15, 0.2) is 18.2 Å². The third kappa shape index (κ3) is 2.98. The molecule has 2 unspecified atom stereocenters. The van der Waals surface area contributed by atoms with Crippen molar-refractivity contribution in [1.82, 2.24) is 0 Å². The maximum Gasteiger partial charge on any atom is 0.573 e. The van der Waals surface area contributed by atoms with Gasteiger partial charge in [-0.15, -0.1) is 13.2 Å². The zero-order valence-electron chi connectivity index (χ0n) is 11.0. The van der Waals surface area contributed by atoms with Crippen LogP contribution in [0.4, 0.5) is 17.6 Å². The number of rotatable bonds is 2. The van der Waals surface area contributed by atoms with E-state index in [1.807, 2.05) is 0 Å². The van der Waals surface area contributed by atoms with Gasteiger partial charge in [0.25, 0.3) is 0 Å². The van der Waals surface area contributed by atoms with Crippen LogP contribution in [0.25, 0.3) is 0 Å². The number of alkyl halides is 3. The number of benzene rings is 1. The van der Waals surface area contributed by atoms with Crippen LogP contribution < -0.4 is 4.74 Å². The molecule has 2 heterocycles. The van der Waals surface area contributed by atoms with E-state index >= 15 is 0 Å². The van der Waals surface area contributed by atoms with Gasteiger partial charge in [-0.05, 0) is 25.0 Å². The van der Waals surface area contributed by atoms with E-state index in [2.05, 4.69) is 4.74 Å². The van der Waals surface area contributed by atoms with Crippen LogP contribution in [0.1, 0.15) is 31.2 Å². The Morgan fingerprint density at radius 1 is 1.19 bits per heavy atom. The van der Waals surface area contributed by atoms with Gasteiger partial charge in [-0.25, -0.2) is 4.39 Å². The molecule has 0 aliphatic carbocycles. The van der Waals surface area contributed by atoms with Gasteiger partial charge >= 0.3 is 6.36 Å². The minimum Gasteiger partial charge on any atom is -0.406 e. The lowest BCUT2D eigenvalue weighted by Crippen LogP contribution is -2.39. The summed E-state index contributed by atoms with van der Waals surface area (Å²) in [5, 5.41) is 10.6. The Hall–Kier alpha value is -1.34. The number of hydrogen-bond acceptors (Lipinski definition) is 3. The lowest BCUT2D eigenvalue weighted by molar-refractivity contribution is -0.274. The molecule has 0 saturated carbocycles. The van der Waals surface area contributed by atoms with Gasteiger partial charge in [0, 0.05) is 24.5 Å². The molecule has 2 saturated heterocycles. The zero-order chi connectivity index (χ0) is 15.3. The van der Waals surface area contributed by atoms with Gasteiger partial charge in [-0.2, -0.15) is 0 Å². The Morgan fingerprint density at radius 3 is 2.33 bits per heavy atom. The Bertz CT molecular complexity index is 532. The second-order valence-electron chi connectivity index (χ2n) is 5.59. The third-order valence-electron chi connectivity index (χ3n) is 4.00. The summed E-state index contributed by atoms with van der Waals surface area (Å²) in [5.41, 5.74) is -1.40. The van der Waals surface area contributed by atoms with E-state index in [-0.39, 0.29) is 30.6 Å². The van der Waals surface area contributed by atoms with E-state index in [0.717, 1.165) is 25.0 Å². The number of hydrogen-bond donors (Lipinski definition) is 1. The minimum atomic E-state index is -4.87. The highest BCUT2D eigenvalue weighted by Crippen LogP contribution is 2.45. The molecular weight excluding hydrogens is 292 g/mol. The van der Waals surface area contributed by atoms with Crippen molar-refractivity contribution < 1.29 is 32.1 Å². The third-order valence-corrected chi connectivity index (χ3v) is 4.00. The highest BCUT2D eigenvalue weighted by Gasteiger charge is 2.46. The molecule has 0 spiro atoms. The number of ether oxygens (including phenoxy) is 2. The average molecular weight is 306 g/mol. The molecule has 0 amide bonds. The molecule has 0 radical (unpaired) electrons. The Balaban J connectivity index is 1.85.